The van der Waals surface area contributed by atoms with Gasteiger partial charge in [0.05, 0.1) is 6.04 Å². The van der Waals surface area contributed by atoms with Gasteiger partial charge in [-0.2, -0.15) is 0 Å². The Morgan fingerprint density at radius 3 is 2.10 bits per heavy atom. The highest BCUT2D eigenvalue weighted by Crippen LogP contribution is 2.29. The molecule has 1 N–H and O–H groups in total. The van der Waals surface area contributed by atoms with Crippen LogP contribution in [0.2, 0.25) is 0 Å². The van der Waals surface area contributed by atoms with Crippen LogP contribution in [0.25, 0.3) is 0 Å². The van der Waals surface area contributed by atoms with Gasteiger partial charge in [0.15, 0.2) is 0 Å². The predicted octanol–water partition coefficient (Wildman–Crippen LogP) is 4.99. The highest BCUT2D eigenvalue weighted by Gasteiger charge is 2.15. The van der Waals surface area contributed by atoms with E-state index >= 15 is 0 Å². The normalized spacial score (nSPS) is 12.5. The van der Waals surface area contributed by atoms with Crippen LogP contribution in [0.3, 0.4) is 0 Å². The van der Waals surface area contributed by atoms with E-state index in [-0.39, 0.29) is 6.04 Å². The van der Waals surface area contributed by atoms with Crippen molar-refractivity contribution in [1.29, 1.82) is 0 Å². The number of nitrogens with one attached hydrogen (secondary N) is 1. The molecule has 20 heavy (non-hydrogen) atoms. The van der Waals surface area contributed by atoms with Crippen molar-refractivity contribution in [3.8, 4) is 0 Å². The predicted molar refractivity (Wildman–Crippen MR) is 90.4 cm³/mol. The topological polar surface area (TPSA) is 12.0 Å². The quantitative estimate of drug-likeness (QED) is 0.835. The van der Waals surface area contributed by atoms with Crippen LogP contribution >= 0.6 is 15.9 Å². The van der Waals surface area contributed by atoms with E-state index in [9.17, 15) is 0 Å². The number of halogens is 1. The number of hydrogen-bond donors (Lipinski definition) is 1. The Morgan fingerprint density at radius 1 is 0.850 bits per heavy atom. The van der Waals surface area contributed by atoms with E-state index in [0.29, 0.717) is 0 Å². The van der Waals surface area contributed by atoms with E-state index in [4.69, 9.17) is 0 Å². The third-order valence-electron chi connectivity index (χ3n) is 4.00. The summed E-state index contributed by atoms with van der Waals surface area (Å²) >= 11 is 3.57. The number of rotatable bonds is 3. The van der Waals surface area contributed by atoms with E-state index in [1.54, 1.807) is 0 Å². The standard InChI is InChI=1S/C18H22BrN/c1-11-8-13(3)16(10-12(11)2)18(20-5)15-6-7-17(19)14(4)9-15/h6-10,18,20H,1-5H3. The maximum Gasteiger partial charge on any atom is 0.0577 e. The van der Waals surface area contributed by atoms with E-state index in [2.05, 4.69) is 79.3 Å². The lowest BCUT2D eigenvalue weighted by Crippen LogP contribution is -2.19. The molecule has 0 aromatic heterocycles. The third kappa shape index (κ3) is 2.97. The molecule has 106 valence electrons. The fourth-order valence-corrected chi connectivity index (χ4v) is 2.89. The summed E-state index contributed by atoms with van der Waals surface area (Å²) in [5.41, 5.74) is 7.97. The highest BCUT2D eigenvalue weighted by molar-refractivity contribution is 9.10. The van der Waals surface area contributed by atoms with Gasteiger partial charge in [-0.3, -0.25) is 0 Å². The Labute approximate surface area is 130 Å². The van der Waals surface area contributed by atoms with Crippen LogP contribution in [0.4, 0.5) is 0 Å². The largest absolute Gasteiger partial charge is 0.309 e. The Bertz CT molecular complexity index is 632. The van der Waals surface area contributed by atoms with Crippen LogP contribution in [0, 0.1) is 27.7 Å². The zero-order valence-electron chi connectivity index (χ0n) is 12.8. The maximum atomic E-state index is 3.57. The van der Waals surface area contributed by atoms with Gasteiger partial charge < -0.3 is 5.32 Å². The average Bonchev–Trinajstić information content (AvgIpc) is 2.40. The molecule has 0 aliphatic heterocycles. The lowest BCUT2D eigenvalue weighted by molar-refractivity contribution is 0.686. The van der Waals surface area contributed by atoms with Crippen LogP contribution in [0.15, 0.2) is 34.8 Å². The number of hydrogen-bond acceptors (Lipinski definition) is 1. The fourth-order valence-electron chi connectivity index (χ4n) is 2.64. The van der Waals surface area contributed by atoms with Crippen molar-refractivity contribution in [3.05, 3.63) is 68.2 Å². The van der Waals surface area contributed by atoms with Crippen LogP contribution in [0.1, 0.15) is 39.4 Å². The lowest BCUT2D eigenvalue weighted by atomic mass is 9.91. The van der Waals surface area contributed by atoms with Gasteiger partial charge >= 0.3 is 0 Å². The molecular formula is C18H22BrN. The van der Waals surface area contributed by atoms with Crippen molar-refractivity contribution in [3.63, 3.8) is 0 Å². The van der Waals surface area contributed by atoms with Gasteiger partial charge in [0, 0.05) is 4.47 Å². The Balaban J connectivity index is 2.52. The van der Waals surface area contributed by atoms with Gasteiger partial charge in [-0.05, 0) is 74.2 Å². The second-order valence-corrected chi connectivity index (χ2v) is 6.38. The average molecular weight is 332 g/mol. The first kappa shape index (κ1) is 15.3. The number of aryl methyl sites for hydroxylation is 4. The first-order valence-electron chi connectivity index (χ1n) is 6.95. The van der Waals surface area contributed by atoms with Gasteiger partial charge in [0.2, 0.25) is 0 Å². The molecule has 0 saturated carbocycles. The summed E-state index contributed by atoms with van der Waals surface area (Å²) in [4.78, 5) is 0. The van der Waals surface area contributed by atoms with Gasteiger partial charge in [-0.25, -0.2) is 0 Å². The van der Waals surface area contributed by atoms with Crippen molar-refractivity contribution in [2.45, 2.75) is 33.7 Å². The molecule has 2 aromatic rings. The summed E-state index contributed by atoms with van der Waals surface area (Å²) in [6.45, 7) is 8.67. The second kappa shape index (κ2) is 6.11. The van der Waals surface area contributed by atoms with Crippen molar-refractivity contribution in [2.24, 2.45) is 0 Å². The van der Waals surface area contributed by atoms with Crippen molar-refractivity contribution in [1.82, 2.24) is 5.32 Å². The first-order chi connectivity index (χ1) is 9.43. The van der Waals surface area contributed by atoms with Crippen molar-refractivity contribution < 1.29 is 0 Å². The highest BCUT2D eigenvalue weighted by atomic mass is 79.9. The number of benzene rings is 2. The molecule has 0 heterocycles. The summed E-state index contributed by atoms with van der Waals surface area (Å²) < 4.78 is 1.16. The molecule has 0 aliphatic carbocycles. The molecule has 1 nitrogen and oxygen atoms in total. The lowest BCUT2D eigenvalue weighted by Gasteiger charge is -2.21. The smallest absolute Gasteiger partial charge is 0.0577 e. The fraction of sp³-hybridized carbons (Fsp3) is 0.333. The molecule has 0 radical (unpaired) electrons. The molecular weight excluding hydrogens is 310 g/mol. The van der Waals surface area contributed by atoms with Crippen LogP contribution in [-0.4, -0.2) is 7.05 Å². The van der Waals surface area contributed by atoms with Crippen LogP contribution in [0.5, 0.6) is 0 Å². The molecule has 1 atom stereocenters. The minimum Gasteiger partial charge on any atom is -0.309 e. The van der Waals surface area contributed by atoms with Gasteiger partial charge in [0.1, 0.15) is 0 Å². The maximum absolute atomic E-state index is 3.57. The van der Waals surface area contributed by atoms with E-state index in [1.165, 1.54) is 33.4 Å². The Morgan fingerprint density at radius 2 is 1.50 bits per heavy atom. The van der Waals surface area contributed by atoms with Gasteiger partial charge in [0.25, 0.3) is 0 Å². The summed E-state index contributed by atoms with van der Waals surface area (Å²) in [5, 5.41) is 3.45. The zero-order chi connectivity index (χ0) is 14.9. The molecule has 0 spiro atoms. The van der Waals surface area contributed by atoms with Crippen molar-refractivity contribution in [2.75, 3.05) is 7.05 Å². The molecule has 2 rings (SSSR count). The second-order valence-electron chi connectivity index (χ2n) is 5.52. The SMILES string of the molecule is CNC(c1ccc(Br)c(C)c1)c1cc(C)c(C)cc1C. The monoisotopic (exact) mass is 331 g/mol. The molecule has 2 heteroatoms. The van der Waals surface area contributed by atoms with Gasteiger partial charge in [-0.15, -0.1) is 0 Å². The summed E-state index contributed by atoms with van der Waals surface area (Å²) in [5.74, 6) is 0. The summed E-state index contributed by atoms with van der Waals surface area (Å²) in [6.07, 6.45) is 0. The summed E-state index contributed by atoms with van der Waals surface area (Å²) in [6, 6.07) is 11.4. The van der Waals surface area contributed by atoms with Crippen LogP contribution < -0.4 is 5.32 Å². The molecule has 0 bridgehead atoms. The molecule has 0 aliphatic rings. The molecule has 0 amide bonds. The molecule has 2 aromatic carbocycles. The van der Waals surface area contributed by atoms with Crippen molar-refractivity contribution >= 4 is 15.9 Å². The zero-order valence-corrected chi connectivity index (χ0v) is 14.4. The van der Waals surface area contributed by atoms with E-state index in [0.717, 1.165) is 4.47 Å². The molecule has 0 fully saturated rings. The minimum absolute atomic E-state index is 0.237. The van der Waals surface area contributed by atoms with Crippen LogP contribution in [-0.2, 0) is 0 Å². The Hall–Kier alpha value is -1.12. The summed E-state index contributed by atoms with van der Waals surface area (Å²) in [7, 11) is 2.02. The van der Waals surface area contributed by atoms with E-state index in [1.807, 2.05) is 7.05 Å². The molecule has 0 saturated heterocycles. The minimum atomic E-state index is 0.237. The van der Waals surface area contributed by atoms with E-state index < -0.39 is 0 Å². The molecule has 1 unspecified atom stereocenters. The Kier molecular flexibility index (Phi) is 4.66. The third-order valence-corrected chi connectivity index (χ3v) is 4.89. The van der Waals surface area contributed by atoms with Gasteiger partial charge in [-0.1, -0.05) is 40.2 Å². The first-order valence-corrected chi connectivity index (χ1v) is 7.74.